The second-order valence-corrected chi connectivity index (χ2v) is 9.56. The van der Waals surface area contributed by atoms with Crippen LogP contribution in [0.25, 0.3) is 17.3 Å². The molecule has 2 aromatic heterocycles. The van der Waals surface area contributed by atoms with Crippen molar-refractivity contribution in [1.29, 1.82) is 0 Å². The third-order valence-electron chi connectivity index (χ3n) is 4.53. The van der Waals surface area contributed by atoms with Crippen LogP contribution in [0.1, 0.15) is 30.5 Å². The fraction of sp³-hybridized carbons (Fsp3) is 0.150. The van der Waals surface area contributed by atoms with Crippen molar-refractivity contribution in [3.8, 4) is 11.3 Å². The average molecular weight is 464 g/mol. The van der Waals surface area contributed by atoms with Crippen LogP contribution in [0.15, 0.2) is 41.9 Å². The molecule has 3 heterocycles. The Balaban J connectivity index is 1.51. The molecule has 0 saturated carbocycles. The zero-order valence-electron chi connectivity index (χ0n) is 15.2. The smallest absolute Gasteiger partial charge is 0.228 e. The number of nitrogens with zero attached hydrogens (tertiary/aromatic N) is 2. The number of hydrogen-bond acceptors (Lipinski definition) is 5. The predicted octanol–water partition coefficient (Wildman–Crippen LogP) is 6.08. The van der Waals surface area contributed by atoms with Gasteiger partial charge in [-0.3, -0.25) is 9.59 Å². The summed E-state index contributed by atoms with van der Waals surface area (Å²) in [7, 11) is 0. The van der Waals surface area contributed by atoms with E-state index in [2.05, 4.69) is 10.3 Å². The van der Waals surface area contributed by atoms with Crippen LogP contribution in [0, 0.1) is 0 Å². The lowest BCUT2D eigenvalue weighted by atomic mass is 9.93. The fourth-order valence-corrected chi connectivity index (χ4v) is 5.44. The van der Waals surface area contributed by atoms with Crippen LogP contribution in [0.2, 0.25) is 8.67 Å². The molecule has 0 radical (unpaired) electrons. The Labute approximate surface area is 185 Å². The average Bonchev–Trinajstić information content (AvgIpc) is 3.27. The van der Waals surface area contributed by atoms with E-state index < -0.39 is 0 Å². The Morgan fingerprint density at radius 1 is 1.28 bits per heavy atom. The van der Waals surface area contributed by atoms with Gasteiger partial charge in [-0.2, -0.15) is 0 Å². The molecular formula is C20H15Cl2N3O2S2. The van der Waals surface area contributed by atoms with Gasteiger partial charge in [0.2, 0.25) is 11.8 Å². The van der Waals surface area contributed by atoms with Crippen LogP contribution in [-0.2, 0) is 9.59 Å². The number of anilines is 1. The second kappa shape index (κ2) is 8.28. The van der Waals surface area contributed by atoms with Gasteiger partial charge in [0.05, 0.1) is 22.5 Å². The summed E-state index contributed by atoms with van der Waals surface area (Å²) in [5.74, 6) is -0.337. The standard InChI is InChI=1S/C20H15Cl2N3O2S2/c1-11(26)25-7-6-12-4-2-3-5-13(12)16(25)9-18(27)24-20-23-15(10-28-20)14-8-17(21)29-19(14)22/h2-8,10,16H,9H2,1H3,(H,23,24,27). The summed E-state index contributed by atoms with van der Waals surface area (Å²) < 4.78 is 1.14. The summed E-state index contributed by atoms with van der Waals surface area (Å²) in [4.78, 5) is 30.8. The highest BCUT2D eigenvalue weighted by Gasteiger charge is 2.28. The van der Waals surface area contributed by atoms with Gasteiger partial charge in [-0.05, 0) is 23.3 Å². The third kappa shape index (κ3) is 4.23. The Morgan fingerprint density at radius 3 is 2.79 bits per heavy atom. The van der Waals surface area contributed by atoms with E-state index in [1.807, 2.05) is 35.7 Å². The van der Waals surface area contributed by atoms with Gasteiger partial charge in [-0.1, -0.05) is 47.5 Å². The number of amides is 2. The molecule has 1 aromatic carbocycles. The topological polar surface area (TPSA) is 62.3 Å². The zero-order chi connectivity index (χ0) is 20.5. The molecule has 0 spiro atoms. The molecule has 29 heavy (non-hydrogen) atoms. The summed E-state index contributed by atoms with van der Waals surface area (Å²) in [6, 6.07) is 9.14. The summed E-state index contributed by atoms with van der Waals surface area (Å²) in [6.07, 6.45) is 3.74. The first-order chi connectivity index (χ1) is 13.9. The van der Waals surface area contributed by atoms with Crippen LogP contribution in [-0.4, -0.2) is 21.7 Å². The van der Waals surface area contributed by atoms with E-state index in [9.17, 15) is 9.59 Å². The quantitative estimate of drug-likeness (QED) is 0.509. The molecule has 0 aliphatic carbocycles. The van der Waals surface area contributed by atoms with Crippen LogP contribution >= 0.6 is 45.9 Å². The van der Waals surface area contributed by atoms with Crippen LogP contribution in [0.3, 0.4) is 0 Å². The highest BCUT2D eigenvalue weighted by atomic mass is 35.5. The summed E-state index contributed by atoms with van der Waals surface area (Å²) in [6.45, 7) is 1.49. The van der Waals surface area contributed by atoms with Crippen molar-refractivity contribution in [3.05, 3.63) is 61.7 Å². The van der Waals surface area contributed by atoms with Gasteiger partial charge in [0.1, 0.15) is 4.34 Å². The van der Waals surface area contributed by atoms with E-state index in [-0.39, 0.29) is 24.3 Å². The van der Waals surface area contributed by atoms with Crippen molar-refractivity contribution in [1.82, 2.24) is 9.88 Å². The van der Waals surface area contributed by atoms with Crippen molar-refractivity contribution in [2.75, 3.05) is 5.32 Å². The highest BCUT2D eigenvalue weighted by Crippen LogP contribution is 2.39. The number of benzene rings is 1. The number of fused-ring (bicyclic) bond motifs is 1. The van der Waals surface area contributed by atoms with E-state index in [4.69, 9.17) is 23.2 Å². The first-order valence-electron chi connectivity index (χ1n) is 8.69. The lowest BCUT2D eigenvalue weighted by molar-refractivity contribution is -0.129. The van der Waals surface area contributed by atoms with Gasteiger partial charge >= 0.3 is 0 Å². The number of thiazole rings is 1. The highest BCUT2D eigenvalue weighted by molar-refractivity contribution is 7.20. The molecule has 5 nitrogen and oxygen atoms in total. The fourth-order valence-electron chi connectivity index (χ4n) is 3.23. The monoisotopic (exact) mass is 463 g/mol. The second-order valence-electron chi connectivity index (χ2n) is 6.41. The molecule has 0 fully saturated rings. The van der Waals surface area contributed by atoms with Crippen LogP contribution in [0.4, 0.5) is 5.13 Å². The first-order valence-corrected chi connectivity index (χ1v) is 11.1. The van der Waals surface area contributed by atoms with Crippen LogP contribution in [0.5, 0.6) is 0 Å². The maximum absolute atomic E-state index is 12.7. The van der Waals surface area contributed by atoms with Gasteiger partial charge in [0, 0.05) is 24.1 Å². The van der Waals surface area contributed by atoms with E-state index in [1.54, 1.807) is 17.2 Å². The lowest BCUT2D eigenvalue weighted by Crippen LogP contribution is -2.33. The molecule has 148 valence electrons. The maximum atomic E-state index is 12.7. The first kappa shape index (κ1) is 20.1. The molecule has 9 heteroatoms. The number of hydrogen-bond donors (Lipinski definition) is 1. The van der Waals surface area contributed by atoms with Gasteiger partial charge in [-0.15, -0.1) is 22.7 Å². The Morgan fingerprint density at radius 2 is 2.07 bits per heavy atom. The molecule has 1 unspecified atom stereocenters. The molecule has 0 bridgehead atoms. The molecule has 0 saturated heterocycles. The number of carbonyl (C=O) groups is 2. The molecule has 3 aromatic rings. The largest absolute Gasteiger partial charge is 0.311 e. The Kier molecular flexibility index (Phi) is 5.74. The number of halogens is 2. The van der Waals surface area contributed by atoms with Crippen molar-refractivity contribution < 1.29 is 9.59 Å². The number of nitrogens with one attached hydrogen (secondary N) is 1. The minimum Gasteiger partial charge on any atom is -0.311 e. The molecule has 1 N–H and O–H groups in total. The van der Waals surface area contributed by atoms with Gasteiger partial charge in [0.25, 0.3) is 0 Å². The van der Waals surface area contributed by atoms with Crippen molar-refractivity contribution >= 4 is 68.9 Å². The van der Waals surface area contributed by atoms with Crippen molar-refractivity contribution in [2.24, 2.45) is 0 Å². The maximum Gasteiger partial charge on any atom is 0.228 e. The summed E-state index contributed by atoms with van der Waals surface area (Å²) in [5.41, 5.74) is 3.35. The Hall–Kier alpha value is -2.19. The molecule has 1 aliphatic heterocycles. The lowest BCUT2D eigenvalue weighted by Gasteiger charge is -2.32. The van der Waals surface area contributed by atoms with E-state index in [1.165, 1.54) is 29.6 Å². The van der Waals surface area contributed by atoms with E-state index >= 15 is 0 Å². The van der Waals surface area contributed by atoms with Crippen molar-refractivity contribution in [2.45, 2.75) is 19.4 Å². The van der Waals surface area contributed by atoms with Crippen molar-refractivity contribution in [3.63, 3.8) is 0 Å². The molecule has 4 rings (SSSR count). The van der Waals surface area contributed by atoms with Gasteiger partial charge in [0.15, 0.2) is 5.13 Å². The number of rotatable bonds is 4. The number of carbonyl (C=O) groups excluding carboxylic acids is 2. The normalized spacial score (nSPS) is 15.3. The molecule has 1 aliphatic rings. The summed E-state index contributed by atoms with van der Waals surface area (Å²) in [5, 5.41) is 5.12. The van der Waals surface area contributed by atoms with Gasteiger partial charge < -0.3 is 10.2 Å². The van der Waals surface area contributed by atoms with Gasteiger partial charge in [-0.25, -0.2) is 4.98 Å². The zero-order valence-corrected chi connectivity index (χ0v) is 18.3. The number of aromatic nitrogens is 1. The summed E-state index contributed by atoms with van der Waals surface area (Å²) >= 11 is 14.8. The van der Waals surface area contributed by atoms with E-state index in [0.29, 0.717) is 19.5 Å². The Bertz CT molecular complexity index is 1120. The molecule has 1 atom stereocenters. The van der Waals surface area contributed by atoms with Crippen LogP contribution < -0.4 is 5.32 Å². The molecular weight excluding hydrogens is 449 g/mol. The van der Waals surface area contributed by atoms with E-state index in [0.717, 1.165) is 16.7 Å². The molecule has 2 amide bonds. The predicted molar refractivity (Wildman–Crippen MR) is 119 cm³/mol. The number of thiophene rings is 1. The minimum atomic E-state index is -0.363. The third-order valence-corrected chi connectivity index (χ3v) is 6.78. The minimum absolute atomic E-state index is 0.117. The SMILES string of the molecule is CC(=O)N1C=Cc2ccccc2C1CC(=O)Nc1nc(-c2cc(Cl)sc2Cl)cs1.